The molecule has 0 radical (unpaired) electrons. The van der Waals surface area contributed by atoms with Crippen molar-refractivity contribution in [1.29, 1.82) is 5.26 Å². The summed E-state index contributed by atoms with van der Waals surface area (Å²) < 4.78 is 0. The van der Waals surface area contributed by atoms with E-state index in [0.29, 0.717) is 15.7 Å². The average Bonchev–Trinajstić information content (AvgIpc) is 2.37. The highest BCUT2D eigenvalue weighted by atomic mass is 35.5. The smallest absolute Gasteiger partial charge is 0.228 e. The number of hydrogen-bond acceptors (Lipinski definition) is 2. The first-order valence-electron chi connectivity index (χ1n) is 6.26. The van der Waals surface area contributed by atoms with E-state index >= 15 is 0 Å². The third kappa shape index (κ3) is 3.62. The fraction of sp³-hybridized carbons (Fsp3) is 0.429. The molecule has 1 aliphatic rings. The summed E-state index contributed by atoms with van der Waals surface area (Å²) >= 11 is 11.8. The SMILES string of the molecule is N#C[C@@H]1CCCC[C@@H]1C(=O)Nc1cc(Cl)cc(Cl)c1. The summed E-state index contributed by atoms with van der Waals surface area (Å²) in [6.07, 6.45) is 3.57. The zero-order chi connectivity index (χ0) is 13.8. The van der Waals surface area contributed by atoms with E-state index in [2.05, 4.69) is 11.4 Å². The number of halogens is 2. The van der Waals surface area contributed by atoms with E-state index in [9.17, 15) is 4.79 Å². The van der Waals surface area contributed by atoms with Gasteiger partial charge in [0.15, 0.2) is 0 Å². The molecular weight excluding hydrogens is 283 g/mol. The van der Waals surface area contributed by atoms with Crippen LogP contribution >= 0.6 is 23.2 Å². The molecule has 1 saturated carbocycles. The number of nitriles is 1. The fourth-order valence-corrected chi connectivity index (χ4v) is 2.99. The quantitative estimate of drug-likeness (QED) is 0.886. The number of hydrogen-bond donors (Lipinski definition) is 1. The molecule has 1 aliphatic carbocycles. The van der Waals surface area contributed by atoms with E-state index in [0.717, 1.165) is 25.7 Å². The van der Waals surface area contributed by atoms with Crippen molar-refractivity contribution in [3.8, 4) is 6.07 Å². The molecule has 1 amide bonds. The first-order valence-corrected chi connectivity index (χ1v) is 7.02. The van der Waals surface area contributed by atoms with Crippen LogP contribution in [-0.4, -0.2) is 5.91 Å². The van der Waals surface area contributed by atoms with Gasteiger partial charge < -0.3 is 5.32 Å². The Morgan fingerprint density at radius 1 is 1.21 bits per heavy atom. The minimum absolute atomic E-state index is 0.121. The van der Waals surface area contributed by atoms with Crippen LogP contribution in [0.15, 0.2) is 18.2 Å². The van der Waals surface area contributed by atoms with Gasteiger partial charge in [-0.1, -0.05) is 36.0 Å². The van der Waals surface area contributed by atoms with Crippen molar-refractivity contribution in [2.24, 2.45) is 11.8 Å². The summed E-state index contributed by atoms with van der Waals surface area (Å²) in [5.74, 6) is -0.551. The van der Waals surface area contributed by atoms with Crippen LogP contribution in [0.5, 0.6) is 0 Å². The molecule has 100 valence electrons. The summed E-state index contributed by atoms with van der Waals surface area (Å²) in [7, 11) is 0. The van der Waals surface area contributed by atoms with Gasteiger partial charge in [0.1, 0.15) is 0 Å². The molecule has 2 rings (SSSR count). The molecule has 0 unspecified atom stereocenters. The fourth-order valence-electron chi connectivity index (χ4n) is 2.46. The van der Waals surface area contributed by atoms with Crippen LogP contribution in [0.1, 0.15) is 25.7 Å². The zero-order valence-electron chi connectivity index (χ0n) is 10.3. The first kappa shape index (κ1) is 14.2. The van der Waals surface area contributed by atoms with Crippen LogP contribution in [-0.2, 0) is 4.79 Å². The Balaban J connectivity index is 2.09. The Morgan fingerprint density at radius 3 is 2.47 bits per heavy atom. The molecular formula is C14H14Cl2N2O. The largest absolute Gasteiger partial charge is 0.326 e. The van der Waals surface area contributed by atoms with Crippen molar-refractivity contribution in [1.82, 2.24) is 0 Å². The molecule has 2 atom stereocenters. The van der Waals surface area contributed by atoms with Gasteiger partial charge in [0.05, 0.1) is 17.9 Å². The van der Waals surface area contributed by atoms with Crippen molar-refractivity contribution in [2.75, 3.05) is 5.32 Å². The van der Waals surface area contributed by atoms with Crippen LogP contribution in [0.2, 0.25) is 10.0 Å². The molecule has 0 aliphatic heterocycles. The number of carbonyl (C=O) groups is 1. The average molecular weight is 297 g/mol. The van der Waals surface area contributed by atoms with E-state index in [1.165, 1.54) is 0 Å². The van der Waals surface area contributed by atoms with Crippen molar-refractivity contribution in [3.05, 3.63) is 28.2 Å². The van der Waals surface area contributed by atoms with E-state index in [-0.39, 0.29) is 17.7 Å². The molecule has 0 aromatic heterocycles. The Bertz CT molecular complexity index is 504. The number of carbonyl (C=O) groups excluding carboxylic acids is 1. The summed E-state index contributed by atoms with van der Waals surface area (Å²) in [5, 5.41) is 12.8. The van der Waals surface area contributed by atoms with Crippen LogP contribution < -0.4 is 5.32 Å². The maximum Gasteiger partial charge on any atom is 0.228 e. The van der Waals surface area contributed by atoms with Gasteiger partial charge in [0.25, 0.3) is 0 Å². The normalized spacial score (nSPS) is 22.6. The number of rotatable bonds is 2. The number of amides is 1. The van der Waals surface area contributed by atoms with Crippen LogP contribution in [0.25, 0.3) is 0 Å². The van der Waals surface area contributed by atoms with Gasteiger partial charge in [0, 0.05) is 15.7 Å². The summed E-state index contributed by atoms with van der Waals surface area (Å²) in [6.45, 7) is 0. The number of benzene rings is 1. The minimum Gasteiger partial charge on any atom is -0.326 e. The van der Waals surface area contributed by atoms with Gasteiger partial charge in [-0.05, 0) is 31.0 Å². The predicted molar refractivity (Wildman–Crippen MR) is 76.2 cm³/mol. The molecule has 1 aromatic carbocycles. The zero-order valence-corrected chi connectivity index (χ0v) is 11.8. The van der Waals surface area contributed by atoms with Gasteiger partial charge >= 0.3 is 0 Å². The standard InChI is InChI=1S/C14H14Cl2N2O/c15-10-5-11(16)7-12(6-10)18-14(19)13-4-2-1-3-9(13)8-17/h5-7,9,13H,1-4H2,(H,18,19)/t9-,13-/m0/s1. The molecule has 1 aromatic rings. The summed E-state index contributed by atoms with van der Waals surface area (Å²) in [6, 6.07) is 7.14. The third-order valence-corrected chi connectivity index (χ3v) is 3.84. The first-order chi connectivity index (χ1) is 9.10. The Hall–Kier alpha value is -1.24. The highest BCUT2D eigenvalue weighted by Crippen LogP contribution is 2.31. The summed E-state index contributed by atoms with van der Waals surface area (Å²) in [5.41, 5.74) is 0.574. The van der Waals surface area contributed by atoms with E-state index in [1.807, 2.05) is 0 Å². The molecule has 19 heavy (non-hydrogen) atoms. The molecule has 0 heterocycles. The van der Waals surface area contributed by atoms with Crippen molar-refractivity contribution in [2.45, 2.75) is 25.7 Å². The monoisotopic (exact) mass is 296 g/mol. The maximum atomic E-state index is 12.2. The number of anilines is 1. The van der Waals surface area contributed by atoms with Crippen LogP contribution in [0.4, 0.5) is 5.69 Å². The molecule has 0 spiro atoms. The minimum atomic E-state index is -0.239. The highest BCUT2D eigenvalue weighted by Gasteiger charge is 2.30. The van der Waals surface area contributed by atoms with E-state index < -0.39 is 0 Å². The second kappa shape index (κ2) is 6.27. The maximum absolute atomic E-state index is 12.2. The van der Waals surface area contributed by atoms with Gasteiger partial charge in [-0.15, -0.1) is 0 Å². The second-order valence-electron chi connectivity index (χ2n) is 4.77. The lowest BCUT2D eigenvalue weighted by Crippen LogP contribution is -2.31. The number of nitrogens with zero attached hydrogens (tertiary/aromatic N) is 1. The Labute approximate surface area is 122 Å². The van der Waals surface area contributed by atoms with Crippen LogP contribution in [0, 0.1) is 23.2 Å². The van der Waals surface area contributed by atoms with Crippen molar-refractivity contribution in [3.63, 3.8) is 0 Å². The molecule has 1 N–H and O–H groups in total. The van der Waals surface area contributed by atoms with Crippen molar-refractivity contribution < 1.29 is 4.79 Å². The van der Waals surface area contributed by atoms with Crippen molar-refractivity contribution >= 4 is 34.8 Å². The molecule has 5 heteroatoms. The predicted octanol–water partition coefficient (Wildman–Crippen LogP) is 4.26. The Kier molecular flexibility index (Phi) is 4.68. The van der Waals surface area contributed by atoms with Gasteiger partial charge in [-0.25, -0.2) is 0 Å². The lowest BCUT2D eigenvalue weighted by Gasteiger charge is -2.25. The summed E-state index contributed by atoms with van der Waals surface area (Å²) in [4.78, 5) is 12.2. The van der Waals surface area contributed by atoms with E-state index in [4.69, 9.17) is 28.5 Å². The molecule has 1 fully saturated rings. The lowest BCUT2D eigenvalue weighted by atomic mass is 9.79. The highest BCUT2D eigenvalue weighted by molar-refractivity contribution is 6.35. The third-order valence-electron chi connectivity index (χ3n) is 3.40. The van der Waals surface area contributed by atoms with Gasteiger partial charge in [-0.2, -0.15) is 5.26 Å². The second-order valence-corrected chi connectivity index (χ2v) is 5.65. The molecule has 3 nitrogen and oxygen atoms in total. The topological polar surface area (TPSA) is 52.9 Å². The Morgan fingerprint density at radius 2 is 1.84 bits per heavy atom. The number of nitrogens with one attached hydrogen (secondary N) is 1. The van der Waals surface area contributed by atoms with Crippen LogP contribution in [0.3, 0.4) is 0 Å². The molecule has 0 bridgehead atoms. The van der Waals surface area contributed by atoms with E-state index in [1.54, 1.807) is 18.2 Å². The lowest BCUT2D eigenvalue weighted by molar-refractivity contribution is -0.121. The van der Waals surface area contributed by atoms with Gasteiger partial charge in [-0.3, -0.25) is 4.79 Å². The van der Waals surface area contributed by atoms with Gasteiger partial charge in [0.2, 0.25) is 5.91 Å². The molecule has 0 saturated heterocycles.